The molecule has 7 aromatic rings. The van der Waals surface area contributed by atoms with E-state index in [2.05, 4.69) is 0 Å². The fourth-order valence-corrected chi connectivity index (χ4v) is 5.79. The van der Waals surface area contributed by atoms with Gasteiger partial charge in [0.05, 0.1) is 11.1 Å². The third kappa shape index (κ3) is 3.73. The van der Waals surface area contributed by atoms with Crippen LogP contribution in [0.25, 0.3) is 65.3 Å². The molecule has 0 fully saturated rings. The monoisotopic (exact) mass is 610 g/mol. The van der Waals surface area contributed by atoms with Crippen molar-refractivity contribution in [3.05, 3.63) is 131 Å². The minimum atomic E-state index is -2.40. The summed E-state index contributed by atoms with van der Waals surface area (Å²) in [6.07, 6.45) is 0. The van der Waals surface area contributed by atoms with E-state index in [9.17, 15) is 26.3 Å². The smallest absolute Gasteiger partial charge is 0.200 e. The first kappa shape index (κ1) is 27.7. The maximum atomic E-state index is 15.5. The molecular formula is C34H12F10. The molecule has 0 saturated carbocycles. The lowest BCUT2D eigenvalue weighted by atomic mass is 9.83. The average molecular weight is 610 g/mol. The van der Waals surface area contributed by atoms with Gasteiger partial charge in [0.2, 0.25) is 11.6 Å². The Labute approximate surface area is 240 Å². The number of rotatable bonds is 2. The molecule has 0 atom stereocenters. The topological polar surface area (TPSA) is 0 Å². The summed E-state index contributed by atoms with van der Waals surface area (Å²) in [5.41, 5.74) is -3.73. The van der Waals surface area contributed by atoms with Crippen LogP contribution in [0.4, 0.5) is 43.9 Å². The fourth-order valence-electron chi connectivity index (χ4n) is 5.79. The average Bonchev–Trinajstić information content (AvgIpc) is 3.03. The van der Waals surface area contributed by atoms with Crippen LogP contribution in [0.1, 0.15) is 0 Å². The van der Waals surface area contributed by atoms with E-state index in [1.807, 2.05) is 0 Å². The van der Waals surface area contributed by atoms with Crippen molar-refractivity contribution in [2.45, 2.75) is 0 Å². The van der Waals surface area contributed by atoms with Crippen LogP contribution >= 0.6 is 0 Å². The molecule has 44 heavy (non-hydrogen) atoms. The first-order valence-electron chi connectivity index (χ1n) is 12.9. The van der Waals surface area contributed by atoms with E-state index in [0.29, 0.717) is 21.5 Å². The molecule has 0 aliphatic rings. The summed E-state index contributed by atoms with van der Waals surface area (Å²) in [4.78, 5) is 0. The van der Waals surface area contributed by atoms with Crippen molar-refractivity contribution in [1.82, 2.24) is 0 Å². The highest BCUT2D eigenvalue weighted by Crippen LogP contribution is 2.49. The van der Waals surface area contributed by atoms with E-state index in [0.717, 1.165) is 0 Å². The molecule has 0 amide bonds. The van der Waals surface area contributed by atoms with Crippen LogP contribution in [0, 0.1) is 58.2 Å². The van der Waals surface area contributed by atoms with Gasteiger partial charge in [-0.3, -0.25) is 0 Å². The predicted octanol–water partition coefficient (Wildman–Crippen LogP) is 11.0. The Kier molecular flexibility index (Phi) is 6.11. The number of halogens is 10. The van der Waals surface area contributed by atoms with E-state index in [-0.39, 0.29) is 21.5 Å². The highest BCUT2D eigenvalue weighted by Gasteiger charge is 2.33. The lowest BCUT2D eigenvalue weighted by molar-refractivity contribution is 0.381. The van der Waals surface area contributed by atoms with Crippen molar-refractivity contribution in [2.24, 2.45) is 0 Å². The molecule has 0 unspecified atom stereocenters. The normalized spacial score (nSPS) is 11.9. The van der Waals surface area contributed by atoms with Crippen molar-refractivity contribution in [1.29, 1.82) is 0 Å². The summed E-state index contributed by atoms with van der Waals surface area (Å²) in [6.45, 7) is 0. The zero-order chi connectivity index (χ0) is 31.2. The summed E-state index contributed by atoms with van der Waals surface area (Å²) < 4.78 is 149. The SMILES string of the molecule is Fc1c(F)c(F)c(-c2c3cc4ccccc4cc3c(-c3c(F)c(F)c(F)c(F)c3F)c3cc4ccccc4cc23)c(F)c1F. The maximum absolute atomic E-state index is 15.5. The third-order valence-electron chi connectivity index (χ3n) is 7.77. The lowest BCUT2D eigenvalue weighted by Gasteiger charge is -2.21. The molecule has 10 heteroatoms. The van der Waals surface area contributed by atoms with Gasteiger partial charge in [0.25, 0.3) is 0 Å². The number of benzene rings is 7. The van der Waals surface area contributed by atoms with Gasteiger partial charge in [0, 0.05) is 11.1 Å². The summed E-state index contributed by atoms with van der Waals surface area (Å²) >= 11 is 0. The Morgan fingerprint density at radius 1 is 0.250 bits per heavy atom. The predicted molar refractivity (Wildman–Crippen MR) is 147 cm³/mol. The molecule has 218 valence electrons. The van der Waals surface area contributed by atoms with Gasteiger partial charge in [-0.25, -0.2) is 43.9 Å². The molecule has 0 spiro atoms. The van der Waals surface area contributed by atoms with E-state index in [1.165, 1.54) is 24.3 Å². The molecule has 0 aromatic heterocycles. The maximum Gasteiger partial charge on any atom is 0.200 e. The van der Waals surface area contributed by atoms with Gasteiger partial charge >= 0.3 is 0 Å². The van der Waals surface area contributed by atoms with Crippen LogP contribution < -0.4 is 0 Å². The van der Waals surface area contributed by atoms with Crippen molar-refractivity contribution < 1.29 is 43.9 Å². The minimum Gasteiger partial charge on any atom is -0.203 e. The van der Waals surface area contributed by atoms with Crippen molar-refractivity contribution in [2.75, 3.05) is 0 Å². The van der Waals surface area contributed by atoms with Gasteiger partial charge in [0.1, 0.15) is 0 Å². The summed E-state index contributed by atoms with van der Waals surface area (Å²) in [5, 5.41) is 0.453. The zero-order valence-corrected chi connectivity index (χ0v) is 21.7. The fraction of sp³-hybridized carbons (Fsp3) is 0. The Balaban J connectivity index is 1.85. The molecule has 0 radical (unpaired) electrons. The van der Waals surface area contributed by atoms with E-state index >= 15 is 17.6 Å². The second kappa shape index (κ2) is 9.70. The highest BCUT2D eigenvalue weighted by molar-refractivity contribution is 6.25. The number of fused-ring (bicyclic) bond motifs is 4. The molecular weight excluding hydrogens is 598 g/mol. The van der Waals surface area contributed by atoms with Crippen molar-refractivity contribution >= 4 is 43.1 Å². The molecule has 7 aromatic carbocycles. The van der Waals surface area contributed by atoms with Crippen LogP contribution in [0.3, 0.4) is 0 Å². The van der Waals surface area contributed by atoms with Crippen LogP contribution in [-0.4, -0.2) is 0 Å². The molecule has 0 aliphatic carbocycles. The van der Waals surface area contributed by atoms with Crippen LogP contribution in [0.5, 0.6) is 0 Å². The lowest BCUT2D eigenvalue weighted by Crippen LogP contribution is -2.07. The highest BCUT2D eigenvalue weighted by atomic mass is 19.2. The molecule has 0 nitrogen and oxygen atoms in total. The second-order valence-corrected chi connectivity index (χ2v) is 10.1. The summed E-state index contributed by atoms with van der Waals surface area (Å²) in [6, 6.07) is 17.8. The largest absolute Gasteiger partial charge is 0.203 e. The third-order valence-corrected chi connectivity index (χ3v) is 7.77. The summed E-state index contributed by atoms with van der Waals surface area (Å²) in [7, 11) is 0. The zero-order valence-electron chi connectivity index (χ0n) is 21.7. The van der Waals surface area contributed by atoms with Gasteiger partial charge in [-0.05, 0) is 67.4 Å². The number of hydrogen-bond acceptors (Lipinski definition) is 0. The molecule has 7 rings (SSSR count). The minimum absolute atomic E-state index is 0.270. The van der Waals surface area contributed by atoms with Gasteiger partial charge < -0.3 is 0 Å². The van der Waals surface area contributed by atoms with Crippen LogP contribution in [-0.2, 0) is 0 Å². The van der Waals surface area contributed by atoms with Gasteiger partial charge in [-0.15, -0.1) is 0 Å². The van der Waals surface area contributed by atoms with Gasteiger partial charge in [-0.1, -0.05) is 48.5 Å². The van der Waals surface area contributed by atoms with Crippen LogP contribution in [0.15, 0.2) is 72.8 Å². The summed E-state index contributed by atoms with van der Waals surface area (Å²) in [5.74, 6) is -22.4. The first-order chi connectivity index (χ1) is 21.0. The van der Waals surface area contributed by atoms with E-state index in [4.69, 9.17) is 0 Å². The van der Waals surface area contributed by atoms with Crippen molar-refractivity contribution in [3.8, 4) is 22.3 Å². The van der Waals surface area contributed by atoms with Crippen LogP contribution in [0.2, 0.25) is 0 Å². The quantitative estimate of drug-likeness (QED) is 0.0791. The Morgan fingerprint density at radius 3 is 0.682 bits per heavy atom. The Bertz CT molecular complexity index is 2070. The molecule has 0 heterocycles. The van der Waals surface area contributed by atoms with Gasteiger partial charge in [-0.2, -0.15) is 0 Å². The Morgan fingerprint density at radius 2 is 0.455 bits per heavy atom. The first-order valence-corrected chi connectivity index (χ1v) is 12.9. The standard InChI is InChI=1S/C34H12F10/c35-25-23(26(36)30(40)33(43)29(25)39)21-17-9-13-5-1-2-6-14(13)10-18(17)22(24-27(37)31(41)34(44)32(42)28(24)38)20-12-16-8-4-3-7-15(16)11-19(20)21/h1-12H. The molecule has 0 aliphatic heterocycles. The van der Waals surface area contributed by atoms with Gasteiger partial charge in [0.15, 0.2) is 46.5 Å². The molecule has 0 bridgehead atoms. The van der Waals surface area contributed by atoms with E-state index in [1.54, 1.807) is 48.5 Å². The second-order valence-electron chi connectivity index (χ2n) is 10.1. The van der Waals surface area contributed by atoms with Crippen molar-refractivity contribution in [3.63, 3.8) is 0 Å². The molecule has 0 saturated heterocycles. The van der Waals surface area contributed by atoms with E-state index < -0.39 is 80.4 Å². The Hall–Kier alpha value is -5.12. The number of hydrogen-bond donors (Lipinski definition) is 0. The molecule has 0 N–H and O–H groups in total.